The van der Waals surface area contributed by atoms with Gasteiger partial charge in [-0.25, -0.2) is 0 Å². The van der Waals surface area contributed by atoms with Gasteiger partial charge in [0.15, 0.2) is 0 Å². The van der Waals surface area contributed by atoms with Gasteiger partial charge in [0, 0.05) is 18.4 Å². The summed E-state index contributed by atoms with van der Waals surface area (Å²) in [4.78, 5) is 6.37. The minimum absolute atomic E-state index is 0.633. The SMILES string of the molecule is Cc1ccc(N(C)c2cc(C)nc(C)c2C#N)cc1. The van der Waals surface area contributed by atoms with Crippen LogP contribution in [0.25, 0.3) is 0 Å². The molecule has 0 spiro atoms. The van der Waals surface area contributed by atoms with Crippen LogP contribution in [-0.2, 0) is 0 Å². The van der Waals surface area contributed by atoms with Crippen LogP contribution in [0.15, 0.2) is 30.3 Å². The van der Waals surface area contributed by atoms with Gasteiger partial charge in [0.25, 0.3) is 0 Å². The van der Waals surface area contributed by atoms with Crippen molar-refractivity contribution in [3.05, 3.63) is 52.8 Å². The van der Waals surface area contributed by atoms with E-state index in [2.05, 4.69) is 42.2 Å². The zero-order chi connectivity index (χ0) is 14.0. The maximum absolute atomic E-state index is 9.31. The lowest BCUT2D eigenvalue weighted by Gasteiger charge is -2.22. The Balaban J connectivity index is 2.52. The van der Waals surface area contributed by atoms with Gasteiger partial charge in [-0.1, -0.05) is 17.7 Å². The van der Waals surface area contributed by atoms with E-state index in [4.69, 9.17) is 0 Å². The Morgan fingerprint density at radius 1 is 1.11 bits per heavy atom. The lowest BCUT2D eigenvalue weighted by molar-refractivity contribution is 1.08. The number of nitriles is 1. The van der Waals surface area contributed by atoms with Gasteiger partial charge in [-0.2, -0.15) is 5.26 Å². The molecule has 2 rings (SSSR count). The first-order valence-electron chi connectivity index (χ1n) is 6.21. The smallest absolute Gasteiger partial charge is 0.103 e. The van der Waals surface area contributed by atoms with Crippen LogP contribution in [0.5, 0.6) is 0 Å². The molecule has 3 heteroatoms. The molecule has 0 aliphatic rings. The van der Waals surface area contributed by atoms with Gasteiger partial charge < -0.3 is 4.90 Å². The summed E-state index contributed by atoms with van der Waals surface area (Å²) in [7, 11) is 1.97. The van der Waals surface area contributed by atoms with Gasteiger partial charge in [0.2, 0.25) is 0 Å². The summed E-state index contributed by atoms with van der Waals surface area (Å²) in [5, 5.41) is 9.31. The molecule has 0 saturated heterocycles. The molecule has 1 aromatic carbocycles. The van der Waals surface area contributed by atoms with Gasteiger partial charge in [-0.15, -0.1) is 0 Å². The first-order chi connectivity index (χ1) is 9.02. The highest BCUT2D eigenvalue weighted by atomic mass is 15.1. The predicted molar refractivity (Wildman–Crippen MR) is 77.7 cm³/mol. The zero-order valence-electron chi connectivity index (χ0n) is 11.7. The van der Waals surface area contributed by atoms with Crippen LogP contribution in [0, 0.1) is 32.1 Å². The molecule has 0 fully saturated rings. The van der Waals surface area contributed by atoms with E-state index in [9.17, 15) is 5.26 Å². The Kier molecular flexibility index (Phi) is 3.52. The van der Waals surface area contributed by atoms with Gasteiger partial charge in [-0.05, 0) is 39.0 Å². The standard InChI is InChI=1S/C16H17N3/c1-11-5-7-14(8-6-11)19(4)16-9-12(2)18-13(3)15(16)10-17/h5-9H,1-4H3. The molecular formula is C16H17N3. The molecule has 1 aromatic heterocycles. The predicted octanol–water partition coefficient (Wildman–Crippen LogP) is 3.65. The van der Waals surface area contributed by atoms with Crippen molar-refractivity contribution in [2.24, 2.45) is 0 Å². The molecule has 0 aliphatic carbocycles. The van der Waals surface area contributed by atoms with E-state index in [1.807, 2.05) is 31.9 Å². The lowest BCUT2D eigenvalue weighted by atomic mass is 10.1. The molecule has 0 radical (unpaired) electrons. The van der Waals surface area contributed by atoms with Crippen LogP contribution in [0.2, 0.25) is 0 Å². The number of anilines is 2. The van der Waals surface area contributed by atoms with E-state index in [1.165, 1.54) is 5.56 Å². The Hall–Kier alpha value is -2.34. The van der Waals surface area contributed by atoms with Crippen molar-refractivity contribution >= 4 is 11.4 Å². The minimum Gasteiger partial charge on any atom is -0.343 e. The number of aryl methyl sites for hydroxylation is 3. The summed E-state index contributed by atoms with van der Waals surface area (Å²) in [6, 6.07) is 12.4. The molecule has 96 valence electrons. The van der Waals surface area contributed by atoms with Crippen LogP contribution < -0.4 is 4.90 Å². The molecule has 0 N–H and O–H groups in total. The van der Waals surface area contributed by atoms with E-state index < -0.39 is 0 Å². The Labute approximate surface area is 114 Å². The van der Waals surface area contributed by atoms with E-state index >= 15 is 0 Å². The van der Waals surface area contributed by atoms with E-state index in [1.54, 1.807) is 0 Å². The third-order valence-corrected chi connectivity index (χ3v) is 3.20. The van der Waals surface area contributed by atoms with Crippen molar-refractivity contribution in [2.45, 2.75) is 20.8 Å². The summed E-state index contributed by atoms with van der Waals surface area (Å²) in [5.41, 5.74) is 5.51. The first kappa shape index (κ1) is 13.1. The minimum atomic E-state index is 0.633. The number of hydrogen-bond donors (Lipinski definition) is 0. The Morgan fingerprint density at radius 3 is 2.32 bits per heavy atom. The molecule has 0 saturated carbocycles. The number of nitrogens with zero attached hydrogens (tertiary/aromatic N) is 3. The average molecular weight is 251 g/mol. The molecule has 0 atom stereocenters. The second kappa shape index (κ2) is 5.11. The fourth-order valence-electron chi connectivity index (χ4n) is 2.12. The number of hydrogen-bond acceptors (Lipinski definition) is 3. The highest BCUT2D eigenvalue weighted by Gasteiger charge is 2.13. The topological polar surface area (TPSA) is 39.9 Å². The maximum atomic E-state index is 9.31. The largest absolute Gasteiger partial charge is 0.343 e. The molecule has 2 aromatic rings. The highest BCUT2D eigenvalue weighted by molar-refractivity contribution is 5.70. The third kappa shape index (κ3) is 2.58. The van der Waals surface area contributed by atoms with Crippen molar-refractivity contribution < 1.29 is 0 Å². The van der Waals surface area contributed by atoms with E-state index in [0.717, 1.165) is 22.8 Å². The number of pyridine rings is 1. The fourth-order valence-corrected chi connectivity index (χ4v) is 2.12. The van der Waals surface area contributed by atoms with Crippen molar-refractivity contribution in [2.75, 3.05) is 11.9 Å². The summed E-state index contributed by atoms with van der Waals surface area (Å²) >= 11 is 0. The first-order valence-corrected chi connectivity index (χ1v) is 6.21. The molecule has 19 heavy (non-hydrogen) atoms. The molecular weight excluding hydrogens is 234 g/mol. The van der Waals surface area contributed by atoms with Gasteiger partial charge in [-0.3, -0.25) is 4.98 Å². The maximum Gasteiger partial charge on any atom is 0.103 e. The number of rotatable bonds is 2. The molecule has 0 unspecified atom stereocenters. The Bertz CT molecular complexity index is 636. The van der Waals surface area contributed by atoms with Gasteiger partial charge in [0.1, 0.15) is 6.07 Å². The average Bonchev–Trinajstić information content (AvgIpc) is 2.38. The van der Waals surface area contributed by atoms with Crippen LogP contribution in [0.3, 0.4) is 0 Å². The summed E-state index contributed by atoms with van der Waals surface area (Å²) in [5.74, 6) is 0. The van der Waals surface area contributed by atoms with Crippen molar-refractivity contribution in [3.63, 3.8) is 0 Å². The Morgan fingerprint density at radius 2 is 1.74 bits per heavy atom. The molecule has 0 bridgehead atoms. The fraction of sp³-hybridized carbons (Fsp3) is 0.250. The van der Waals surface area contributed by atoms with Gasteiger partial charge >= 0.3 is 0 Å². The van der Waals surface area contributed by atoms with Crippen LogP contribution in [0.1, 0.15) is 22.5 Å². The summed E-state index contributed by atoms with van der Waals surface area (Å²) < 4.78 is 0. The molecule has 1 heterocycles. The van der Waals surface area contributed by atoms with Crippen LogP contribution >= 0.6 is 0 Å². The van der Waals surface area contributed by atoms with Crippen molar-refractivity contribution in [1.82, 2.24) is 4.98 Å². The normalized spacial score (nSPS) is 10.1. The molecule has 0 amide bonds. The van der Waals surface area contributed by atoms with Crippen molar-refractivity contribution in [1.29, 1.82) is 5.26 Å². The quantitative estimate of drug-likeness (QED) is 0.818. The number of aromatic nitrogens is 1. The van der Waals surface area contributed by atoms with Crippen LogP contribution in [0.4, 0.5) is 11.4 Å². The molecule has 0 aliphatic heterocycles. The van der Waals surface area contributed by atoms with Gasteiger partial charge in [0.05, 0.1) is 16.9 Å². The second-order valence-corrected chi connectivity index (χ2v) is 4.75. The number of benzene rings is 1. The van der Waals surface area contributed by atoms with E-state index in [-0.39, 0.29) is 0 Å². The lowest BCUT2D eigenvalue weighted by Crippen LogP contribution is -2.12. The molecule has 3 nitrogen and oxygen atoms in total. The zero-order valence-corrected chi connectivity index (χ0v) is 11.7. The second-order valence-electron chi connectivity index (χ2n) is 4.75. The summed E-state index contributed by atoms with van der Waals surface area (Å²) in [6.45, 7) is 5.88. The summed E-state index contributed by atoms with van der Waals surface area (Å²) in [6.07, 6.45) is 0. The monoisotopic (exact) mass is 251 g/mol. The van der Waals surface area contributed by atoms with E-state index in [0.29, 0.717) is 5.56 Å². The third-order valence-electron chi connectivity index (χ3n) is 3.20. The van der Waals surface area contributed by atoms with Crippen molar-refractivity contribution in [3.8, 4) is 6.07 Å². The highest BCUT2D eigenvalue weighted by Crippen LogP contribution is 2.28. The van der Waals surface area contributed by atoms with Crippen LogP contribution in [-0.4, -0.2) is 12.0 Å².